The first-order chi connectivity index (χ1) is 13.1. The molecule has 0 spiro atoms. The molecule has 6 nitrogen and oxygen atoms in total. The molecule has 0 radical (unpaired) electrons. The van der Waals surface area contributed by atoms with Crippen LogP contribution in [0.25, 0.3) is 11.4 Å². The third-order valence-corrected chi connectivity index (χ3v) is 4.10. The molecule has 7 heteroatoms. The van der Waals surface area contributed by atoms with E-state index >= 15 is 0 Å². The largest absolute Gasteiger partial charge is 0.497 e. The molecule has 1 heterocycles. The number of ether oxygens (including phenoxy) is 1. The number of halogens is 1. The van der Waals surface area contributed by atoms with Gasteiger partial charge in [0.1, 0.15) is 12.3 Å². The summed E-state index contributed by atoms with van der Waals surface area (Å²) >= 11 is 5.90. The lowest BCUT2D eigenvalue weighted by Gasteiger charge is -2.19. The summed E-state index contributed by atoms with van der Waals surface area (Å²) in [5.74, 6) is 1.20. The Morgan fingerprint density at radius 1 is 1.30 bits per heavy atom. The Bertz CT molecular complexity index is 938. The Kier molecular flexibility index (Phi) is 5.88. The SMILES string of the molecule is C=CCN(Cc1nc(-c2ccc(Cl)cc2)no1)C(=O)c1cccc(OC)c1. The van der Waals surface area contributed by atoms with Crippen molar-refractivity contribution in [1.29, 1.82) is 0 Å². The highest BCUT2D eigenvalue weighted by Gasteiger charge is 2.19. The van der Waals surface area contributed by atoms with Gasteiger partial charge in [-0.2, -0.15) is 4.98 Å². The van der Waals surface area contributed by atoms with Crippen molar-refractivity contribution in [3.8, 4) is 17.1 Å². The number of aromatic nitrogens is 2. The van der Waals surface area contributed by atoms with Crippen LogP contribution in [0.3, 0.4) is 0 Å². The normalized spacial score (nSPS) is 10.4. The molecule has 138 valence electrons. The molecule has 3 aromatic rings. The minimum Gasteiger partial charge on any atom is -0.497 e. The Morgan fingerprint density at radius 2 is 2.07 bits per heavy atom. The topological polar surface area (TPSA) is 68.5 Å². The first kappa shape index (κ1) is 18.7. The monoisotopic (exact) mass is 383 g/mol. The molecule has 0 saturated carbocycles. The van der Waals surface area contributed by atoms with E-state index in [-0.39, 0.29) is 12.5 Å². The van der Waals surface area contributed by atoms with Gasteiger partial charge in [0.25, 0.3) is 5.91 Å². The van der Waals surface area contributed by atoms with Gasteiger partial charge in [-0.15, -0.1) is 6.58 Å². The fourth-order valence-electron chi connectivity index (χ4n) is 2.51. The predicted molar refractivity (Wildman–Crippen MR) is 103 cm³/mol. The number of rotatable bonds is 7. The molecule has 0 atom stereocenters. The second-order valence-corrected chi connectivity index (χ2v) is 6.16. The third-order valence-electron chi connectivity index (χ3n) is 3.85. The number of methoxy groups -OCH3 is 1. The van der Waals surface area contributed by atoms with E-state index < -0.39 is 0 Å². The molecule has 0 fully saturated rings. The van der Waals surface area contributed by atoms with E-state index in [1.165, 1.54) is 0 Å². The van der Waals surface area contributed by atoms with E-state index in [9.17, 15) is 4.79 Å². The zero-order chi connectivity index (χ0) is 19.2. The van der Waals surface area contributed by atoms with Gasteiger partial charge in [0.05, 0.1) is 7.11 Å². The van der Waals surface area contributed by atoms with Crippen molar-refractivity contribution in [3.63, 3.8) is 0 Å². The van der Waals surface area contributed by atoms with Crippen LogP contribution in [-0.2, 0) is 6.54 Å². The number of nitrogens with zero attached hydrogens (tertiary/aromatic N) is 3. The predicted octanol–water partition coefficient (Wildman–Crippen LogP) is 4.23. The van der Waals surface area contributed by atoms with Gasteiger partial charge in [0.15, 0.2) is 0 Å². The summed E-state index contributed by atoms with van der Waals surface area (Å²) in [6.07, 6.45) is 1.65. The quantitative estimate of drug-likeness (QED) is 0.571. The van der Waals surface area contributed by atoms with Crippen molar-refractivity contribution in [1.82, 2.24) is 15.0 Å². The average molecular weight is 384 g/mol. The van der Waals surface area contributed by atoms with Crippen LogP contribution in [0.5, 0.6) is 5.75 Å². The first-order valence-corrected chi connectivity index (χ1v) is 8.61. The number of carbonyl (C=O) groups is 1. The van der Waals surface area contributed by atoms with Crippen molar-refractivity contribution < 1.29 is 14.1 Å². The molecular weight excluding hydrogens is 366 g/mol. The zero-order valence-corrected chi connectivity index (χ0v) is 15.5. The maximum Gasteiger partial charge on any atom is 0.254 e. The second kappa shape index (κ2) is 8.51. The van der Waals surface area contributed by atoms with Gasteiger partial charge in [-0.3, -0.25) is 4.79 Å². The molecule has 1 aromatic heterocycles. The molecule has 3 rings (SSSR count). The summed E-state index contributed by atoms with van der Waals surface area (Å²) in [6, 6.07) is 14.1. The summed E-state index contributed by atoms with van der Waals surface area (Å²) < 4.78 is 10.5. The van der Waals surface area contributed by atoms with Gasteiger partial charge >= 0.3 is 0 Å². The van der Waals surface area contributed by atoms with Crippen LogP contribution in [0.15, 0.2) is 65.7 Å². The Labute approximate surface area is 162 Å². The van der Waals surface area contributed by atoms with Crippen molar-refractivity contribution in [2.24, 2.45) is 0 Å². The van der Waals surface area contributed by atoms with Gasteiger partial charge < -0.3 is 14.2 Å². The van der Waals surface area contributed by atoms with Crippen LogP contribution in [-0.4, -0.2) is 34.6 Å². The Morgan fingerprint density at radius 3 is 2.78 bits per heavy atom. The molecule has 2 aromatic carbocycles. The van der Waals surface area contributed by atoms with Crippen LogP contribution in [0, 0.1) is 0 Å². The number of hydrogen-bond acceptors (Lipinski definition) is 5. The smallest absolute Gasteiger partial charge is 0.254 e. The highest BCUT2D eigenvalue weighted by molar-refractivity contribution is 6.30. The molecule has 0 saturated heterocycles. The Balaban J connectivity index is 1.79. The van der Waals surface area contributed by atoms with E-state index in [1.807, 2.05) is 0 Å². The van der Waals surface area contributed by atoms with Crippen LogP contribution < -0.4 is 4.74 Å². The number of hydrogen-bond donors (Lipinski definition) is 0. The van der Waals surface area contributed by atoms with Gasteiger partial charge in [0, 0.05) is 22.7 Å². The zero-order valence-electron chi connectivity index (χ0n) is 14.8. The summed E-state index contributed by atoms with van der Waals surface area (Å²) in [5, 5.41) is 4.60. The lowest BCUT2D eigenvalue weighted by atomic mass is 10.2. The molecule has 0 aliphatic rings. The molecule has 0 aliphatic heterocycles. The van der Waals surface area contributed by atoms with Gasteiger partial charge in [-0.25, -0.2) is 0 Å². The lowest BCUT2D eigenvalue weighted by Crippen LogP contribution is -2.30. The molecule has 0 N–H and O–H groups in total. The van der Waals surface area contributed by atoms with E-state index in [0.717, 1.165) is 5.56 Å². The van der Waals surface area contributed by atoms with E-state index in [0.29, 0.717) is 34.6 Å². The minimum absolute atomic E-state index is 0.169. The third kappa shape index (κ3) is 4.54. The number of benzene rings is 2. The second-order valence-electron chi connectivity index (χ2n) is 5.72. The molecule has 0 unspecified atom stereocenters. The van der Waals surface area contributed by atoms with Crippen LogP contribution in [0.1, 0.15) is 16.2 Å². The van der Waals surface area contributed by atoms with Gasteiger partial charge in [-0.1, -0.05) is 28.9 Å². The summed E-state index contributed by atoms with van der Waals surface area (Å²) in [6.45, 7) is 4.23. The molecule has 0 bridgehead atoms. The van der Waals surface area contributed by atoms with Crippen molar-refractivity contribution in [3.05, 3.63) is 77.7 Å². The molecular formula is C20H18ClN3O3. The van der Waals surface area contributed by atoms with Crippen molar-refractivity contribution in [2.75, 3.05) is 13.7 Å². The van der Waals surface area contributed by atoms with E-state index in [2.05, 4.69) is 16.7 Å². The summed E-state index contributed by atoms with van der Waals surface area (Å²) in [5.41, 5.74) is 1.29. The van der Waals surface area contributed by atoms with E-state index in [1.54, 1.807) is 66.6 Å². The lowest BCUT2D eigenvalue weighted by molar-refractivity contribution is 0.0745. The van der Waals surface area contributed by atoms with Gasteiger partial charge in [-0.05, 0) is 42.5 Å². The highest BCUT2D eigenvalue weighted by atomic mass is 35.5. The maximum absolute atomic E-state index is 12.8. The fraction of sp³-hybridized carbons (Fsp3) is 0.150. The Hall–Kier alpha value is -3.12. The molecule has 0 aliphatic carbocycles. The summed E-state index contributed by atoms with van der Waals surface area (Å²) in [7, 11) is 1.56. The van der Waals surface area contributed by atoms with Crippen LogP contribution >= 0.6 is 11.6 Å². The van der Waals surface area contributed by atoms with Crippen LogP contribution in [0.2, 0.25) is 5.02 Å². The number of carbonyl (C=O) groups excluding carboxylic acids is 1. The minimum atomic E-state index is -0.181. The average Bonchev–Trinajstić information content (AvgIpc) is 3.16. The van der Waals surface area contributed by atoms with Gasteiger partial charge in [0.2, 0.25) is 11.7 Å². The maximum atomic E-state index is 12.8. The standard InChI is InChI=1S/C20H18ClN3O3/c1-3-11-24(20(25)15-5-4-6-17(12-15)26-2)13-18-22-19(23-27-18)14-7-9-16(21)10-8-14/h3-10,12H,1,11,13H2,2H3. The first-order valence-electron chi connectivity index (χ1n) is 8.23. The fourth-order valence-corrected chi connectivity index (χ4v) is 2.64. The summed E-state index contributed by atoms with van der Waals surface area (Å²) in [4.78, 5) is 18.8. The molecule has 1 amide bonds. The van der Waals surface area contributed by atoms with Crippen LogP contribution in [0.4, 0.5) is 0 Å². The molecule has 27 heavy (non-hydrogen) atoms. The van der Waals surface area contributed by atoms with Crippen molar-refractivity contribution in [2.45, 2.75) is 6.54 Å². The van der Waals surface area contributed by atoms with Crippen molar-refractivity contribution >= 4 is 17.5 Å². The highest BCUT2D eigenvalue weighted by Crippen LogP contribution is 2.20. The number of amides is 1. The van der Waals surface area contributed by atoms with E-state index in [4.69, 9.17) is 20.9 Å².